The molecule has 4 aromatic rings. The molecule has 33 heavy (non-hydrogen) atoms. The number of hydrogen-bond donors (Lipinski definition) is 3. The maximum atomic E-state index is 12.9. The molecule has 0 bridgehead atoms. The molecular formula is C23H22N6O3S. The highest BCUT2D eigenvalue weighted by Crippen LogP contribution is 2.34. The molecule has 2 aliphatic rings. The third-order valence-corrected chi connectivity index (χ3v) is 7.03. The number of benzene rings is 1. The van der Waals surface area contributed by atoms with Crippen molar-refractivity contribution in [2.45, 2.75) is 31.7 Å². The second kappa shape index (κ2) is 8.20. The lowest BCUT2D eigenvalue weighted by atomic mass is 10.1. The topological polar surface area (TPSA) is 122 Å². The Morgan fingerprint density at radius 3 is 2.76 bits per heavy atom. The van der Waals surface area contributed by atoms with Crippen LogP contribution in [0.1, 0.15) is 36.2 Å². The van der Waals surface area contributed by atoms with Crippen LogP contribution >= 0.6 is 11.3 Å². The highest BCUT2D eigenvalue weighted by molar-refractivity contribution is 7.22. The Kier molecular flexibility index (Phi) is 5.03. The maximum absolute atomic E-state index is 12.9. The van der Waals surface area contributed by atoms with Crippen LogP contribution in [-0.2, 0) is 9.53 Å². The zero-order valence-electron chi connectivity index (χ0n) is 17.8. The lowest BCUT2D eigenvalue weighted by molar-refractivity contribution is -0.117. The summed E-state index contributed by atoms with van der Waals surface area (Å²) in [6.45, 7) is 1.32. The number of aromatic nitrogens is 4. The van der Waals surface area contributed by atoms with Crippen LogP contribution in [0.3, 0.4) is 0 Å². The maximum Gasteiger partial charge on any atom is 0.270 e. The van der Waals surface area contributed by atoms with Crippen molar-refractivity contribution in [3.05, 3.63) is 36.2 Å². The first-order valence-corrected chi connectivity index (χ1v) is 11.9. The number of anilines is 1. The number of pyridine rings is 1. The number of nitrogens with zero attached hydrogens (tertiary/aromatic N) is 3. The number of ether oxygens (including phenoxy) is 1. The summed E-state index contributed by atoms with van der Waals surface area (Å²) >= 11 is 1.46. The van der Waals surface area contributed by atoms with Gasteiger partial charge in [0.05, 0.1) is 15.6 Å². The van der Waals surface area contributed by atoms with Gasteiger partial charge in [0.25, 0.3) is 5.91 Å². The average Bonchev–Trinajstić information content (AvgIpc) is 3.48. The number of rotatable bonds is 5. The predicted molar refractivity (Wildman–Crippen MR) is 125 cm³/mol. The molecule has 0 spiro atoms. The molecule has 4 heterocycles. The van der Waals surface area contributed by atoms with Crippen LogP contribution in [0.5, 0.6) is 0 Å². The van der Waals surface area contributed by atoms with Crippen LogP contribution in [-0.4, -0.2) is 51.2 Å². The first-order chi connectivity index (χ1) is 16.1. The van der Waals surface area contributed by atoms with Gasteiger partial charge < -0.3 is 15.4 Å². The number of H-pyrrole nitrogens is 1. The molecule has 0 radical (unpaired) electrons. The summed E-state index contributed by atoms with van der Waals surface area (Å²) in [7, 11) is 0. The number of hydrogen-bond acceptors (Lipinski definition) is 7. The largest absolute Gasteiger partial charge is 0.381 e. The van der Waals surface area contributed by atoms with Gasteiger partial charge in [0, 0.05) is 36.9 Å². The Labute approximate surface area is 193 Å². The summed E-state index contributed by atoms with van der Waals surface area (Å²) in [6, 6.07) is 7.97. The number of carbonyl (C=O) groups is 2. The number of fused-ring (bicyclic) bond motifs is 2. The predicted octanol–water partition coefficient (Wildman–Crippen LogP) is 3.49. The molecule has 9 nitrogen and oxygen atoms in total. The average molecular weight is 463 g/mol. The summed E-state index contributed by atoms with van der Waals surface area (Å²) in [5, 5.41) is 14.3. The van der Waals surface area contributed by atoms with E-state index in [-0.39, 0.29) is 23.8 Å². The smallest absolute Gasteiger partial charge is 0.270 e. The first-order valence-electron chi connectivity index (χ1n) is 11.1. The monoisotopic (exact) mass is 462 g/mol. The van der Waals surface area contributed by atoms with E-state index in [1.165, 1.54) is 11.3 Å². The second-order valence-electron chi connectivity index (χ2n) is 8.52. The van der Waals surface area contributed by atoms with Crippen LogP contribution in [0.15, 0.2) is 30.5 Å². The van der Waals surface area contributed by atoms with E-state index >= 15 is 0 Å². The standard InChI is InChI=1S/C23H22N6O3S/c30-21(12-1-2-12)27-23-26-17-4-3-13(10-18(17)33-23)14-9-16-19(28-29-20(16)24-11-14)22(31)25-15-5-7-32-8-6-15/h3-4,9-12,15H,1-2,5-8H2,(H,25,31)(H,24,28,29)(H,26,27,30). The van der Waals surface area contributed by atoms with Crippen LogP contribution in [0.2, 0.25) is 0 Å². The van der Waals surface area contributed by atoms with E-state index in [4.69, 9.17) is 4.74 Å². The van der Waals surface area contributed by atoms with Crippen molar-refractivity contribution in [1.29, 1.82) is 0 Å². The van der Waals surface area contributed by atoms with Gasteiger partial charge in [-0.05, 0) is 49.4 Å². The van der Waals surface area contributed by atoms with Gasteiger partial charge in [0.1, 0.15) is 5.69 Å². The van der Waals surface area contributed by atoms with Crippen molar-refractivity contribution in [3.8, 4) is 11.1 Å². The van der Waals surface area contributed by atoms with E-state index in [1.807, 2.05) is 24.3 Å². The fourth-order valence-corrected chi connectivity index (χ4v) is 4.95. The molecule has 1 aliphatic carbocycles. The van der Waals surface area contributed by atoms with Crippen molar-refractivity contribution in [1.82, 2.24) is 25.5 Å². The molecule has 1 aromatic carbocycles. The number of carbonyl (C=O) groups excluding carboxylic acids is 2. The van der Waals surface area contributed by atoms with E-state index in [0.717, 1.165) is 47.0 Å². The Balaban J connectivity index is 1.27. The normalized spacial score (nSPS) is 16.8. The van der Waals surface area contributed by atoms with Gasteiger partial charge in [-0.1, -0.05) is 17.4 Å². The van der Waals surface area contributed by atoms with Crippen molar-refractivity contribution >= 4 is 49.5 Å². The Bertz CT molecular complexity index is 1370. The lowest BCUT2D eigenvalue weighted by Crippen LogP contribution is -2.39. The van der Waals surface area contributed by atoms with Gasteiger partial charge in [-0.2, -0.15) is 5.10 Å². The molecule has 3 aromatic heterocycles. The van der Waals surface area contributed by atoms with Gasteiger partial charge in [0.15, 0.2) is 10.8 Å². The van der Waals surface area contributed by atoms with Crippen LogP contribution < -0.4 is 10.6 Å². The number of thiazole rings is 1. The van der Waals surface area contributed by atoms with Crippen LogP contribution in [0.25, 0.3) is 32.4 Å². The highest BCUT2D eigenvalue weighted by atomic mass is 32.1. The SMILES string of the molecule is O=C(NC1CCOCC1)c1[nH]nc2ncc(-c3ccc4nc(NC(=O)C5CC5)sc4c3)cc12. The summed E-state index contributed by atoms with van der Waals surface area (Å²) in [5.74, 6) is 0.00549. The lowest BCUT2D eigenvalue weighted by Gasteiger charge is -2.22. The minimum Gasteiger partial charge on any atom is -0.381 e. The highest BCUT2D eigenvalue weighted by Gasteiger charge is 2.30. The zero-order valence-corrected chi connectivity index (χ0v) is 18.6. The summed E-state index contributed by atoms with van der Waals surface area (Å²) in [5.41, 5.74) is 3.58. The molecule has 168 valence electrons. The Morgan fingerprint density at radius 1 is 1.09 bits per heavy atom. The third-order valence-electron chi connectivity index (χ3n) is 6.09. The van der Waals surface area contributed by atoms with E-state index < -0.39 is 0 Å². The van der Waals surface area contributed by atoms with E-state index in [1.54, 1.807) is 6.20 Å². The van der Waals surface area contributed by atoms with Gasteiger partial charge in [-0.15, -0.1) is 0 Å². The van der Waals surface area contributed by atoms with Crippen molar-refractivity contribution < 1.29 is 14.3 Å². The molecule has 1 saturated carbocycles. The number of aromatic amines is 1. The molecule has 3 N–H and O–H groups in total. The molecule has 2 fully saturated rings. The summed E-state index contributed by atoms with van der Waals surface area (Å²) in [4.78, 5) is 33.9. The minimum absolute atomic E-state index is 0.0513. The fraction of sp³-hybridized carbons (Fsp3) is 0.348. The van der Waals surface area contributed by atoms with Crippen molar-refractivity contribution in [2.24, 2.45) is 5.92 Å². The second-order valence-corrected chi connectivity index (χ2v) is 9.55. The van der Waals surface area contributed by atoms with E-state index in [0.29, 0.717) is 35.1 Å². The van der Waals surface area contributed by atoms with Gasteiger partial charge in [0.2, 0.25) is 5.91 Å². The molecule has 10 heteroatoms. The number of nitrogens with one attached hydrogen (secondary N) is 3. The Morgan fingerprint density at radius 2 is 1.94 bits per heavy atom. The minimum atomic E-state index is -0.183. The molecule has 6 rings (SSSR count). The van der Waals surface area contributed by atoms with Crippen LogP contribution in [0, 0.1) is 5.92 Å². The quantitative estimate of drug-likeness (QED) is 0.417. The third kappa shape index (κ3) is 4.07. The molecule has 1 aliphatic heterocycles. The van der Waals surface area contributed by atoms with Crippen molar-refractivity contribution in [3.63, 3.8) is 0 Å². The molecule has 0 atom stereocenters. The van der Waals surface area contributed by atoms with Gasteiger partial charge in [-0.3, -0.25) is 14.7 Å². The molecule has 1 saturated heterocycles. The zero-order chi connectivity index (χ0) is 22.4. The number of amides is 2. The Hall–Kier alpha value is -3.37. The molecular weight excluding hydrogens is 440 g/mol. The molecule has 2 amide bonds. The first kappa shape index (κ1) is 20.3. The molecule has 0 unspecified atom stereocenters. The van der Waals surface area contributed by atoms with Crippen molar-refractivity contribution in [2.75, 3.05) is 18.5 Å². The van der Waals surface area contributed by atoms with E-state index in [9.17, 15) is 9.59 Å². The summed E-state index contributed by atoms with van der Waals surface area (Å²) in [6.07, 6.45) is 5.28. The van der Waals surface area contributed by atoms with Gasteiger partial charge in [-0.25, -0.2) is 9.97 Å². The fourth-order valence-electron chi connectivity index (χ4n) is 4.04. The van der Waals surface area contributed by atoms with Crippen LogP contribution in [0.4, 0.5) is 5.13 Å². The summed E-state index contributed by atoms with van der Waals surface area (Å²) < 4.78 is 6.34. The van der Waals surface area contributed by atoms with Gasteiger partial charge >= 0.3 is 0 Å². The van der Waals surface area contributed by atoms with E-state index in [2.05, 4.69) is 30.8 Å².